The second-order valence-electron chi connectivity index (χ2n) is 5.53. The molecule has 3 rings (SSSR count). The molecule has 18 heavy (non-hydrogen) atoms. The van der Waals surface area contributed by atoms with Gasteiger partial charge >= 0.3 is 0 Å². The zero-order valence-electron chi connectivity index (χ0n) is 10.4. The van der Waals surface area contributed by atoms with Gasteiger partial charge in [0, 0.05) is 12.5 Å². The topological polar surface area (TPSA) is 66.4 Å². The first-order valence-corrected chi connectivity index (χ1v) is 6.43. The lowest BCUT2D eigenvalue weighted by Gasteiger charge is -2.23. The minimum absolute atomic E-state index is 0.278. The zero-order valence-corrected chi connectivity index (χ0v) is 10.4. The molecule has 4 unspecified atom stereocenters. The fraction of sp³-hybridized carbons (Fsp3) is 0.643. The van der Waals surface area contributed by atoms with E-state index in [2.05, 4.69) is 13.0 Å². The molecule has 96 valence electrons. The number of aliphatic hydroxyl groups excluding tert-OH is 1. The highest BCUT2D eigenvalue weighted by atomic mass is 16.5. The summed E-state index contributed by atoms with van der Waals surface area (Å²) in [6, 6.07) is 5.92. The zero-order chi connectivity index (χ0) is 12.8. The van der Waals surface area contributed by atoms with Crippen LogP contribution in [0.15, 0.2) is 16.5 Å². The molecule has 1 aromatic rings. The van der Waals surface area contributed by atoms with Gasteiger partial charge in [0.15, 0.2) is 0 Å². The summed E-state index contributed by atoms with van der Waals surface area (Å²) < 4.78 is 11.0. The van der Waals surface area contributed by atoms with E-state index in [1.807, 2.05) is 6.07 Å². The predicted octanol–water partition coefficient (Wildman–Crippen LogP) is 2.37. The van der Waals surface area contributed by atoms with Crippen molar-refractivity contribution in [3.63, 3.8) is 0 Å². The van der Waals surface area contributed by atoms with E-state index in [1.165, 1.54) is 0 Å². The Morgan fingerprint density at radius 3 is 2.89 bits per heavy atom. The molecule has 4 heteroatoms. The van der Waals surface area contributed by atoms with E-state index in [1.54, 1.807) is 6.07 Å². The van der Waals surface area contributed by atoms with E-state index >= 15 is 0 Å². The van der Waals surface area contributed by atoms with Crippen molar-refractivity contribution in [2.75, 3.05) is 13.2 Å². The van der Waals surface area contributed by atoms with Crippen LogP contribution in [-0.4, -0.2) is 18.3 Å². The Morgan fingerprint density at radius 2 is 2.33 bits per heavy atom. The second-order valence-corrected chi connectivity index (χ2v) is 5.53. The Labute approximate surface area is 106 Å². The van der Waals surface area contributed by atoms with Gasteiger partial charge in [-0.05, 0) is 30.9 Å². The van der Waals surface area contributed by atoms with Crippen molar-refractivity contribution in [1.82, 2.24) is 0 Å². The molecule has 0 amide bonds. The van der Waals surface area contributed by atoms with Crippen LogP contribution in [-0.2, 0) is 4.74 Å². The van der Waals surface area contributed by atoms with Gasteiger partial charge in [-0.3, -0.25) is 0 Å². The Hall–Kier alpha value is -1.31. The Kier molecular flexibility index (Phi) is 2.69. The van der Waals surface area contributed by atoms with Crippen LogP contribution in [0.1, 0.15) is 43.3 Å². The van der Waals surface area contributed by atoms with E-state index in [9.17, 15) is 10.4 Å². The molecular formula is C14H17NO3. The molecule has 0 aromatic carbocycles. The van der Waals surface area contributed by atoms with Crippen molar-refractivity contribution in [1.29, 1.82) is 5.26 Å². The molecule has 2 aliphatic rings. The maximum Gasteiger partial charge on any atom is 0.134 e. The smallest absolute Gasteiger partial charge is 0.134 e. The third kappa shape index (κ3) is 1.75. The molecule has 1 aliphatic carbocycles. The highest BCUT2D eigenvalue weighted by Gasteiger charge is 2.45. The van der Waals surface area contributed by atoms with Crippen LogP contribution < -0.4 is 0 Å². The second kappa shape index (κ2) is 4.11. The van der Waals surface area contributed by atoms with E-state index in [4.69, 9.17) is 9.15 Å². The minimum Gasteiger partial charge on any atom is -0.463 e. The minimum atomic E-state index is -0.896. The molecule has 4 atom stereocenters. The first-order chi connectivity index (χ1) is 8.66. The van der Waals surface area contributed by atoms with Gasteiger partial charge in [0.25, 0.3) is 0 Å². The van der Waals surface area contributed by atoms with Crippen LogP contribution in [0.2, 0.25) is 0 Å². The summed E-state index contributed by atoms with van der Waals surface area (Å²) >= 11 is 0. The fourth-order valence-electron chi connectivity index (χ4n) is 2.65. The summed E-state index contributed by atoms with van der Waals surface area (Å²) in [5, 5.41) is 19.6. The SMILES string of the molecule is CC1CC1c1ccc(C(O)C2(C#N)CCOC2)o1. The number of hydrogen-bond donors (Lipinski definition) is 1. The Morgan fingerprint density at radius 1 is 1.56 bits per heavy atom. The van der Waals surface area contributed by atoms with Gasteiger partial charge in [0.05, 0.1) is 12.7 Å². The average molecular weight is 247 g/mol. The summed E-state index contributed by atoms with van der Waals surface area (Å²) in [5.41, 5.74) is -0.843. The lowest BCUT2D eigenvalue weighted by Crippen LogP contribution is -2.27. The van der Waals surface area contributed by atoms with Crippen molar-refractivity contribution in [2.45, 2.75) is 31.8 Å². The summed E-state index contributed by atoms with van der Waals surface area (Å²) in [5.74, 6) is 2.59. The van der Waals surface area contributed by atoms with Crippen LogP contribution in [0, 0.1) is 22.7 Å². The number of rotatable bonds is 3. The standard InChI is InChI=1S/C14H17NO3/c1-9-6-10(9)11-2-3-12(18-11)13(16)14(7-15)4-5-17-8-14/h2-3,9-10,13,16H,4-6,8H2,1H3. The van der Waals surface area contributed by atoms with Gasteiger partial charge in [-0.2, -0.15) is 5.26 Å². The molecule has 1 aliphatic heterocycles. The van der Waals surface area contributed by atoms with Gasteiger partial charge in [-0.1, -0.05) is 6.92 Å². The van der Waals surface area contributed by atoms with E-state index in [0.29, 0.717) is 30.6 Å². The predicted molar refractivity (Wildman–Crippen MR) is 63.7 cm³/mol. The summed E-state index contributed by atoms with van der Waals surface area (Å²) in [6.07, 6.45) is 0.809. The van der Waals surface area contributed by atoms with Gasteiger partial charge < -0.3 is 14.3 Å². The summed E-state index contributed by atoms with van der Waals surface area (Å²) in [6.45, 7) is 2.99. The molecule has 0 spiro atoms. The van der Waals surface area contributed by atoms with Gasteiger partial charge in [0.1, 0.15) is 23.0 Å². The van der Waals surface area contributed by atoms with Crippen molar-refractivity contribution in [3.05, 3.63) is 23.7 Å². The molecule has 1 saturated carbocycles. The largest absolute Gasteiger partial charge is 0.463 e. The third-order valence-corrected chi connectivity index (χ3v) is 4.19. The number of aliphatic hydroxyl groups is 1. The van der Waals surface area contributed by atoms with Crippen molar-refractivity contribution in [2.24, 2.45) is 11.3 Å². The molecule has 1 saturated heterocycles. The maximum absolute atomic E-state index is 10.4. The van der Waals surface area contributed by atoms with Crippen LogP contribution in [0.4, 0.5) is 0 Å². The number of nitriles is 1. The molecule has 2 fully saturated rings. The molecule has 0 radical (unpaired) electrons. The summed E-state index contributed by atoms with van der Waals surface area (Å²) in [4.78, 5) is 0. The van der Waals surface area contributed by atoms with Gasteiger partial charge in [-0.15, -0.1) is 0 Å². The maximum atomic E-state index is 10.4. The number of ether oxygens (including phenoxy) is 1. The lowest BCUT2D eigenvalue weighted by atomic mass is 9.82. The molecule has 0 bridgehead atoms. The van der Waals surface area contributed by atoms with E-state index < -0.39 is 11.5 Å². The van der Waals surface area contributed by atoms with Gasteiger partial charge in [-0.25, -0.2) is 0 Å². The molecule has 4 nitrogen and oxygen atoms in total. The molecule has 1 aromatic heterocycles. The molecule has 2 heterocycles. The average Bonchev–Trinajstić information content (AvgIpc) is 2.89. The number of furan rings is 1. The Balaban J connectivity index is 1.81. The summed E-state index contributed by atoms with van der Waals surface area (Å²) in [7, 11) is 0. The van der Waals surface area contributed by atoms with Crippen LogP contribution in [0.3, 0.4) is 0 Å². The molecular weight excluding hydrogens is 230 g/mol. The van der Waals surface area contributed by atoms with Crippen molar-refractivity contribution >= 4 is 0 Å². The van der Waals surface area contributed by atoms with Crippen molar-refractivity contribution < 1.29 is 14.3 Å². The molecule has 1 N–H and O–H groups in total. The highest BCUT2D eigenvalue weighted by molar-refractivity contribution is 5.22. The first kappa shape index (κ1) is 11.8. The monoisotopic (exact) mass is 247 g/mol. The van der Waals surface area contributed by atoms with E-state index in [-0.39, 0.29) is 6.61 Å². The Bertz CT molecular complexity index is 481. The first-order valence-electron chi connectivity index (χ1n) is 6.43. The number of hydrogen-bond acceptors (Lipinski definition) is 4. The normalized spacial score (nSPS) is 36.3. The highest BCUT2D eigenvalue weighted by Crippen LogP contribution is 2.49. The van der Waals surface area contributed by atoms with Crippen LogP contribution >= 0.6 is 0 Å². The number of nitrogens with zero attached hydrogens (tertiary/aromatic N) is 1. The van der Waals surface area contributed by atoms with Crippen LogP contribution in [0.25, 0.3) is 0 Å². The van der Waals surface area contributed by atoms with E-state index in [0.717, 1.165) is 12.2 Å². The van der Waals surface area contributed by atoms with Crippen molar-refractivity contribution in [3.8, 4) is 6.07 Å². The quantitative estimate of drug-likeness (QED) is 0.890. The lowest BCUT2D eigenvalue weighted by molar-refractivity contribution is 0.0335. The third-order valence-electron chi connectivity index (χ3n) is 4.19. The van der Waals surface area contributed by atoms with Gasteiger partial charge in [0.2, 0.25) is 0 Å². The fourth-order valence-corrected chi connectivity index (χ4v) is 2.65. The van der Waals surface area contributed by atoms with Crippen LogP contribution in [0.5, 0.6) is 0 Å².